The number of hydrogen-bond donors (Lipinski definition) is 3. The van der Waals surface area contributed by atoms with E-state index in [1.165, 1.54) is 28.8 Å². The van der Waals surface area contributed by atoms with Gasteiger partial charge < -0.3 is 10.4 Å². The number of rotatable bonds is 13. The Kier molecular flexibility index (Phi) is 13.4. The van der Waals surface area contributed by atoms with Gasteiger partial charge in [0.25, 0.3) is 10.1 Å². The Hall–Kier alpha value is -3.33. The SMILES string of the molecule is CC(C)CNC[C@@H](O)[C@H](Cc1ccccc1)N(Cc1ccccc1)Cc1ccccc1.Cc1ccc(S(=O)(=O)O)cc1. The first-order valence-corrected chi connectivity index (χ1v) is 15.8. The number of benzene rings is 4. The average Bonchev–Trinajstić information content (AvgIpc) is 2.97. The van der Waals surface area contributed by atoms with Crippen LogP contribution in [0.3, 0.4) is 0 Å². The van der Waals surface area contributed by atoms with Gasteiger partial charge in [0.15, 0.2) is 0 Å². The Labute approximate surface area is 251 Å². The van der Waals surface area contributed by atoms with Crippen LogP contribution in [0, 0.1) is 12.8 Å². The first-order chi connectivity index (χ1) is 20.1. The topological polar surface area (TPSA) is 89.9 Å². The van der Waals surface area contributed by atoms with Gasteiger partial charge in [-0.25, -0.2) is 0 Å². The molecule has 7 heteroatoms. The van der Waals surface area contributed by atoms with Crippen LogP contribution in [-0.2, 0) is 29.6 Å². The molecule has 0 spiro atoms. The highest BCUT2D eigenvalue weighted by Crippen LogP contribution is 2.20. The molecule has 0 amide bonds. The molecule has 2 atom stereocenters. The summed E-state index contributed by atoms with van der Waals surface area (Å²) in [6, 6.07) is 37.6. The maximum atomic E-state index is 11.3. The number of aliphatic hydroxyl groups is 1. The summed E-state index contributed by atoms with van der Waals surface area (Å²) in [6.45, 7) is 9.33. The minimum Gasteiger partial charge on any atom is -0.390 e. The molecule has 0 aromatic heterocycles. The summed E-state index contributed by atoms with van der Waals surface area (Å²) >= 11 is 0. The minimum absolute atomic E-state index is 0.00229. The molecular weight excluding hydrogens is 544 g/mol. The first-order valence-electron chi connectivity index (χ1n) is 14.4. The molecule has 224 valence electrons. The van der Waals surface area contributed by atoms with Gasteiger partial charge in [-0.3, -0.25) is 9.45 Å². The molecule has 4 rings (SSSR count). The molecule has 4 aromatic rings. The van der Waals surface area contributed by atoms with Gasteiger partial charge in [0.2, 0.25) is 0 Å². The van der Waals surface area contributed by atoms with E-state index in [1.54, 1.807) is 12.1 Å². The van der Waals surface area contributed by atoms with Crippen LogP contribution < -0.4 is 5.32 Å². The van der Waals surface area contributed by atoms with Gasteiger partial charge in [-0.05, 0) is 54.6 Å². The molecule has 4 aromatic carbocycles. The highest BCUT2D eigenvalue weighted by molar-refractivity contribution is 7.85. The maximum absolute atomic E-state index is 11.3. The van der Waals surface area contributed by atoms with Crippen LogP contribution in [0.2, 0.25) is 0 Å². The number of aryl methyl sites for hydroxylation is 1. The highest BCUT2D eigenvalue weighted by Gasteiger charge is 2.27. The molecule has 0 saturated carbocycles. The molecule has 0 fully saturated rings. The summed E-state index contributed by atoms with van der Waals surface area (Å²) in [5.74, 6) is 0.560. The molecule has 0 aliphatic rings. The number of aliphatic hydroxyl groups excluding tert-OH is 1. The largest absolute Gasteiger partial charge is 0.390 e. The van der Waals surface area contributed by atoms with E-state index in [-0.39, 0.29) is 10.9 Å². The van der Waals surface area contributed by atoms with Crippen molar-refractivity contribution in [3.63, 3.8) is 0 Å². The lowest BCUT2D eigenvalue weighted by molar-refractivity contribution is 0.0390. The summed E-state index contributed by atoms with van der Waals surface area (Å²) in [7, 11) is -4.02. The predicted molar refractivity (Wildman–Crippen MR) is 171 cm³/mol. The second-order valence-corrected chi connectivity index (χ2v) is 12.5. The van der Waals surface area contributed by atoms with E-state index >= 15 is 0 Å². The number of nitrogens with one attached hydrogen (secondary N) is 1. The van der Waals surface area contributed by atoms with Crippen molar-refractivity contribution in [3.8, 4) is 0 Å². The molecule has 3 N–H and O–H groups in total. The fourth-order valence-electron chi connectivity index (χ4n) is 4.66. The zero-order valence-corrected chi connectivity index (χ0v) is 25.6. The molecular formula is C35H44N2O4S. The third-order valence-corrected chi connectivity index (χ3v) is 7.75. The average molecular weight is 589 g/mol. The van der Waals surface area contributed by atoms with Gasteiger partial charge in [-0.1, -0.05) is 123 Å². The molecule has 0 saturated heterocycles. The highest BCUT2D eigenvalue weighted by atomic mass is 32.2. The van der Waals surface area contributed by atoms with E-state index in [2.05, 4.69) is 109 Å². The predicted octanol–water partition coefficient (Wildman–Crippen LogP) is 6.15. The minimum atomic E-state index is -4.02. The normalized spacial score (nSPS) is 12.9. The molecule has 0 aliphatic heterocycles. The van der Waals surface area contributed by atoms with E-state index in [9.17, 15) is 13.5 Å². The van der Waals surface area contributed by atoms with Gasteiger partial charge in [0.05, 0.1) is 11.0 Å². The third-order valence-electron chi connectivity index (χ3n) is 6.88. The molecule has 0 radical (unpaired) electrons. The van der Waals surface area contributed by atoms with Gasteiger partial charge in [0.1, 0.15) is 0 Å². The Morgan fingerprint density at radius 3 is 1.57 bits per heavy atom. The maximum Gasteiger partial charge on any atom is 0.294 e. The summed E-state index contributed by atoms with van der Waals surface area (Å²) in [4.78, 5) is 2.36. The van der Waals surface area contributed by atoms with Crippen molar-refractivity contribution in [2.24, 2.45) is 5.92 Å². The van der Waals surface area contributed by atoms with Crippen LogP contribution in [0.25, 0.3) is 0 Å². The molecule has 0 heterocycles. The monoisotopic (exact) mass is 588 g/mol. The van der Waals surface area contributed by atoms with Crippen molar-refractivity contribution < 1.29 is 18.1 Å². The summed E-state index contributed by atoms with van der Waals surface area (Å²) < 4.78 is 29.6. The second-order valence-electron chi connectivity index (χ2n) is 11.0. The van der Waals surface area contributed by atoms with Gasteiger partial charge >= 0.3 is 0 Å². The second kappa shape index (κ2) is 16.9. The standard InChI is InChI=1S/C28H36N2O.C7H8O3S/c1-23(2)19-29-20-28(31)27(18-24-12-6-3-7-13-24)30(21-25-14-8-4-9-15-25)22-26-16-10-5-11-17-26;1-6-2-4-7(5-3-6)11(8,9)10/h3-17,23,27-29,31H,18-22H2,1-2H3;2-5H,1H3,(H,8,9,10)/t27-,28+;/m0./s1. The van der Waals surface area contributed by atoms with Gasteiger partial charge in [0, 0.05) is 25.7 Å². The lowest BCUT2D eigenvalue weighted by Crippen LogP contribution is -2.48. The van der Waals surface area contributed by atoms with Gasteiger partial charge in [-0.2, -0.15) is 8.42 Å². The van der Waals surface area contributed by atoms with E-state index in [0.717, 1.165) is 31.6 Å². The molecule has 6 nitrogen and oxygen atoms in total. The fourth-order valence-corrected chi connectivity index (χ4v) is 5.14. The molecule has 0 aliphatic carbocycles. The Morgan fingerprint density at radius 2 is 1.14 bits per heavy atom. The zero-order valence-electron chi connectivity index (χ0n) is 24.8. The van der Waals surface area contributed by atoms with Crippen LogP contribution in [0.15, 0.2) is 120 Å². The van der Waals surface area contributed by atoms with Crippen molar-refractivity contribution >= 4 is 10.1 Å². The fraction of sp³-hybridized carbons (Fsp3) is 0.314. The van der Waals surface area contributed by atoms with Crippen LogP contribution in [0.4, 0.5) is 0 Å². The summed E-state index contributed by atoms with van der Waals surface area (Å²) in [5, 5.41) is 14.8. The van der Waals surface area contributed by atoms with Crippen LogP contribution in [0.1, 0.15) is 36.1 Å². The van der Waals surface area contributed by atoms with Crippen molar-refractivity contribution in [2.75, 3.05) is 13.1 Å². The zero-order chi connectivity index (χ0) is 30.4. The van der Waals surface area contributed by atoms with Crippen molar-refractivity contribution in [3.05, 3.63) is 138 Å². The third kappa shape index (κ3) is 11.9. The van der Waals surface area contributed by atoms with Crippen LogP contribution in [-0.4, -0.2) is 48.2 Å². The smallest absolute Gasteiger partial charge is 0.294 e. The lowest BCUT2D eigenvalue weighted by atomic mass is 9.97. The van der Waals surface area contributed by atoms with Crippen molar-refractivity contribution in [1.82, 2.24) is 10.2 Å². The Balaban J connectivity index is 0.000000369. The quantitative estimate of drug-likeness (QED) is 0.162. The lowest BCUT2D eigenvalue weighted by Gasteiger charge is -2.36. The van der Waals surface area contributed by atoms with E-state index in [0.29, 0.717) is 12.5 Å². The van der Waals surface area contributed by atoms with Crippen LogP contribution in [0.5, 0.6) is 0 Å². The summed E-state index contributed by atoms with van der Waals surface area (Å²) in [6.07, 6.45) is 0.344. The van der Waals surface area contributed by atoms with Crippen molar-refractivity contribution in [1.29, 1.82) is 0 Å². The van der Waals surface area contributed by atoms with E-state index < -0.39 is 16.2 Å². The molecule has 42 heavy (non-hydrogen) atoms. The first kappa shape index (κ1) is 33.2. The summed E-state index contributed by atoms with van der Waals surface area (Å²) in [5.41, 5.74) is 4.73. The van der Waals surface area contributed by atoms with E-state index in [1.807, 2.05) is 13.0 Å². The Morgan fingerprint density at radius 1 is 0.690 bits per heavy atom. The number of hydrogen-bond acceptors (Lipinski definition) is 5. The number of nitrogens with zero attached hydrogens (tertiary/aromatic N) is 1. The Bertz CT molecular complexity index is 1360. The molecule has 0 bridgehead atoms. The van der Waals surface area contributed by atoms with Gasteiger partial charge in [-0.15, -0.1) is 0 Å². The van der Waals surface area contributed by atoms with Crippen molar-refractivity contribution in [2.45, 2.75) is 57.3 Å². The molecule has 0 unspecified atom stereocenters. The van der Waals surface area contributed by atoms with E-state index in [4.69, 9.17) is 4.55 Å². The van der Waals surface area contributed by atoms with Crippen LogP contribution >= 0.6 is 0 Å².